The van der Waals surface area contributed by atoms with Gasteiger partial charge in [0.2, 0.25) is 0 Å². The third-order valence-electron chi connectivity index (χ3n) is 22.2. The van der Waals surface area contributed by atoms with E-state index < -0.39 is 0 Å². The fraction of sp³-hybridized carbons (Fsp3) is 0.0252. The highest BCUT2D eigenvalue weighted by molar-refractivity contribution is 6.25. The maximum atomic E-state index is 6.42. The van der Waals surface area contributed by atoms with Crippen molar-refractivity contribution in [3.05, 3.63) is 463 Å². The maximum absolute atomic E-state index is 6.42. The number of allylic oxidation sites excluding steroid dienone is 3. The van der Waals surface area contributed by atoms with E-state index in [4.69, 9.17) is 18.9 Å². The van der Waals surface area contributed by atoms with E-state index in [1.807, 2.05) is 148 Å². The van der Waals surface area contributed by atoms with Crippen LogP contribution < -0.4 is 28.7 Å². The van der Waals surface area contributed by atoms with E-state index >= 15 is 0 Å². The van der Waals surface area contributed by atoms with Gasteiger partial charge in [0.1, 0.15) is 11.4 Å². The van der Waals surface area contributed by atoms with Crippen LogP contribution in [-0.2, 0) is 0 Å². The van der Waals surface area contributed by atoms with Gasteiger partial charge in [0, 0.05) is 21.5 Å². The molecule has 7 nitrogen and oxygen atoms in total. The molecule has 0 N–H and O–H groups in total. The molecular formula is C119H95N3O4. The highest BCUT2D eigenvalue weighted by atomic mass is 16.5. The number of hydrogen-bond donors (Lipinski definition) is 0. The van der Waals surface area contributed by atoms with Crippen LogP contribution in [0.2, 0.25) is 0 Å². The van der Waals surface area contributed by atoms with E-state index in [9.17, 15) is 0 Å². The molecule has 126 heavy (non-hydrogen) atoms. The van der Waals surface area contributed by atoms with Crippen LogP contribution in [0.15, 0.2) is 424 Å². The summed E-state index contributed by atoms with van der Waals surface area (Å²) >= 11 is 0. The molecule has 610 valence electrons. The Morgan fingerprint density at radius 2 is 0.444 bits per heavy atom. The Hall–Kier alpha value is -16.5. The van der Waals surface area contributed by atoms with Crippen LogP contribution in [0.3, 0.4) is 0 Å². The monoisotopic (exact) mass is 1630 g/mol. The molecule has 0 fully saturated rings. The first-order chi connectivity index (χ1) is 61.8. The van der Waals surface area contributed by atoms with Crippen molar-refractivity contribution in [1.29, 1.82) is 0 Å². The SMILES string of the molecule is C=CC.C=CC.C=CC.C=Cc1ccc(-c2cc3c4c(c2)Oc2cc(C=C)ccc2N4c2ccccc2O3)cc1.C=Cc1ccc(-c2ccc3c(c2)Oc2cccc4c2N3c2ccc(-c3ccc(C=C)cc3)cc2O4)cc1.C=Cc1ccc(-c2ccc3c(c2)c2cc(-c4ccc(C=C)cc4)cc4c5cc(-c6ccc(C=C)cc6)ccc5n3c24)cc1.c1ccccc1. The molecule has 0 radical (unpaired) electrons. The van der Waals surface area contributed by atoms with E-state index in [0.717, 1.165) is 152 Å². The Labute approximate surface area is 739 Å². The quantitative estimate of drug-likeness (QED) is 0.107. The minimum Gasteiger partial charge on any atom is -0.453 e. The number of aromatic nitrogens is 1. The zero-order valence-corrected chi connectivity index (χ0v) is 71.2. The molecule has 0 bridgehead atoms. The maximum Gasteiger partial charge on any atom is 0.156 e. The first-order valence-electron chi connectivity index (χ1n) is 42.0. The van der Waals surface area contributed by atoms with Crippen molar-refractivity contribution in [3.8, 4) is 113 Å². The van der Waals surface area contributed by atoms with Crippen molar-refractivity contribution in [1.82, 2.24) is 4.40 Å². The lowest BCUT2D eigenvalue weighted by molar-refractivity contribution is 0.445. The molecule has 0 aliphatic carbocycles. The van der Waals surface area contributed by atoms with Crippen LogP contribution in [-0.4, -0.2) is 4.40 Å². The van der Waals surface area contributed by atoms with Crippen molar-refractivity contribution in [3.63, 3.8) is 0 Å². The lowest BCUT2D eigenvalue weighted by Gasteiger charge is -2.38. The first kappa shape index (κ1) is 83.2. The number of rotatable bonds is 13. The molecule has 6 heterocycles. The Morgan fingerprint density at radius 3 is 0.810 bits per heavy atom. The molecule has 22 rings (SSSR count). The minimum atomic E-state index is 0.767. The van der Waals surface area contributed by atoms with Gasteiger partial charge in [0.15, 0.2) is 46.0 Å². The van der Waals surface area contributed by atoms with E-state index in [-0.39, 0.29) is 0 Å². The molecule has 0 atom stereocenters. The lowest BCUT2D eigenvalue weighted by Crippen LogP contribution is -2.20. The topological polar surface area (TPSA) is 47.8 Å². The van der Waals surface area contributed by atoms with Crippen molar-refractivity contribution >= 4 is 115 Å². The van der Waals surface area contributed by atoms with Crippen LogP contribution in [0.4, 0.5) is 34.1 Å². The van der Waals surface area contributed by atoms with Crippen molar-refractivity contribution in [2.75, 3.05) is 9.80 Å². The highest BCUT2D eigenvalue weighted by Gasteiger charge is 2.37. The summed E-state index contributed by atoms with van der Waals surface area (Å²) in [4.78, 5) is 4.47. The number of nitrogens with zero attached hydrogens (tertiary/aromatic N) is 3. The van der Waals surface area contributed by atoms with Gasteiger partial charge in [0.05, 0.1) is 39.3 Å². The second-order valence-corrected chi connectivity index (χ2v) is 30.3. The highest BCUT2D eigenvalue weighted by Crippen LogP contribution is 2.63. The van der Waals surface area contributed by atoms with Gasteiger partial charge in [-0.2, -0.15) is 0 Å². The number of ether oxygens (including phenoxy) is 4. The Kier molecular flexibility index (Phi) is 24.9. The second-order valence-electron chi connectivity index (χ2n) is 30.3. The summed E-state index contributed by atoms with van der Waals surface area (Å²) in [6.07, 6.45) is 18.3. The summed E-state index contributed by atoms with van der Waals surface area (Å²) in [6.45, 7) is 42.9. The number of benzene rings is 16. The van der Waals surface area contributed by atoms with Crippen molar-refractivity contribution < 1.29 is 18.9 Å². The molecule has 0 saturated carbocycles. The first-order valence-corrected chi connectivity index (χ1v) is 42.0. The number of fused-ring (bicyclic) bond motifs is 14. The molecule has 18 aromatic rings. The third kappa shape index (κ3) is 16.8. The van der Waals surface area contributed by atoms with Gasteiger partial charge in [-0.05, 0) is 236 Å². The molecule has 0 unspecified atom stereocenters. The number of hydrogen-bond acceptors (Lipinski definition) is 6. The van der Waals surface area contributed by atoms with Gasteiger partial charge in [-0.3, -0.25) is 9.80 Å². The molecule has 0 spiro atoms. The van der Waals surface area contributed by atoms with Crippen LogP contribution in [0, 0.1) is 0 Å². The fourth-order valence-electron chi connectivity index (χ4n) is 16.1. The molecule has 16 aromatic carbocycles. The second kappa shape index (κ2) is 37.7. The summed E-state index contributed by atoms with van der Waals surface area (Å²) in [7, 11) is 0. The minimum absolute atomic E-state index is 0.767. The molecule has 4 aliphatic heterocycles. The van der Waals surface area contributed by atoms with Crippen LogP contribution >= 0.6 is 0 Å². The van der Waals surface area contributed by atoms with Crippen molar-refractivity contribution in [2.24, 2.45) is 0 Å². The summed E-state index contributed by atoms with van der Waals surface area (Å²) in [5.41, 5.74) is 31.0. The zero-order valence-electron chi connectivity index (χ0n) is 71.2. The Morgan fingerprint density at radius 1 is 0.198 bits per heavy atom. The number of anilines is 6. The summed E-state index contributed by atoms with van der Waals surface area (Å²) < 4.78 is 28.0. The standard InChI is InChI=1S/C42H29N.C34H23NO2.C28H19NO2.C6H6.3C3H6/c1-4-27-7-13-30(14-8-27)33-19-21-40-36(23-33)38-25-35(32-17-11-29(6-3)12-18-32)26-39-37-24-34(20-22-41(37)43(40)42(38)39)31-15-9-28(5-2)10-16-31;1-3-22-8-12-24(13-9-22)26-16-18-28-32(20-26)36-30-6-5-7-31-34(30)35(28)29-19-17-27(21-33(29)37-31)25-14-10-23(4-2)11-15-25;1-3-18-9-12-20(13-10-18)21-16-26-28-27(17-21)31-25-15-19(4-2)11-14-23(25)29(28)22-7-5-6-8-24(22)30-26;1-2-4-6-5-3-1;3*1-3-2/h4-26H,1-3H2;3-21H,1-2H2;3-17H,1-2H2;1-6H;3*3H,1H2,2H3. The van der Waals surface area contributed by atoms with Gasteiger partial charge >= 0.3 is 0 Å². The predicted molar refractivity (Wildman–Crippen MR) is 541 cm³/mol. The average molecular weight is 1630 g/mol. The van der Waals surface area contributed by atoms with E-state index in [1.54, 1.807) is 18.2 Å². The largest absolute Gasteiger partial charge is 0.453 e. The lowest BCUT2D eigenvalue weighted by atomic mass is 9.96. The summed E-state index contributed by atoms with van der Waals surface area (Å²) in [5, 5.41) is 5.07. The average Bonchev–Trinajstić information content (AvgIpc) is 1.50. The third-order valence-corrected chi connectivity index (χ3v) is 22.2. The van der Waals surface area contributed by atoms with Crippen molar-refractivity contribution in [2.45, 2.75) is 20.8 Å². The Balaban J connectivity index is 0.000000130. The normalized spacial score (nSPS) is 11.4. The van der Waals surface area contributed by atoms with Crippen LogP contribution in [0.5, 0.6) is 46.0 Å². The van der Waals surface area contributed by atoms with E-state index in [2.05, 4.69) is 335 Å². The molecule has 4 aliphatic rings. The van der Waals surface area contributed by atoms with Gasteiger partial charge in [-0.25, -0.2) is 0 Å². The predicted octanol–water partition coefficient (Wildman–Crippen LogP) is 35.3. The molecular weight excluding hydrogens is 1540 g/mol. The molecule has 0 amide bonds. The van der Waals surface area contributed by atoms with Gasteiger partial charge in [-0.1, -0.05) is 337 Å². The molecule has 2 aromatic heterocycles. The van der Waals surface area contributed by atoms with Gasteiger partial charge < -0.3 is 23.3 Å². The van der Waals surface area contributed by atoms with Crippen LogP contribution in [0.1, 0.15) is 59.7 Å². The van der Waals surface area contributed by atoms with Gasteiger partial charge in [0.25, 0.3) is 0 Å². The molecule has 0 saturated heterocycles. The molecule has 7 heteroatoms. The van der Waals surface area contributed by atoms with E-state index in [1.165, 1.54) is 71.5 Å². The Bertz CT molecular complexity index is 6850. The van der Waals surface area contributed by atoms with Crippen LogP contribution in [0.25, 0.3) is 147 Å². The summed E-state index contributed by atoms with van der Waals surface area (Å²) in [6, 6.07) is 119. The zero-order chi connectivity index (χ0) is 87.3. The van der Waals surface area contributed by atoms with E-state index in [0.29, 0.717) is 0 Å². The van der Waals surface area contributed by atoms with Gasteiger partial charge in [-0.15, -0.1) is 19.7 Å². The summed E-state index contributed by atoms with van der Waals surface area (Å²) in [5.74, 6) is 6.34. The number of para-hydroxylation sites is 3. The smallest absolute Gasteiger partial charge is 0.156 e. The fourth-order valence-corrected chi connectivity index (χ4v) is 16.1.